The summed E-state index contributed by atoms with van der Waals surface area (Å²) in [6, 6.07) is 2.49. The molecule has 2 rings (SSSR count). The van der Waals surface area contributed by atoms with Crippen LogP contribution in [0.15, 0.2) is 12.3 Å². The van der Waals surface area contributed by atoms with Crippen LogP contribution in [0.4, 0.5) is 0 Å². The molecule has 0 radical (unpaired) electrons. The zero-order valence-corrected chi connectivity index (χ0v) is 13.7. The van der Waals surface area contributed by atoms with E-state index >= 15 is 0 Å². The molecule has 1 saturated heterocycles. The van der Waals surface area contributed by atoms with E-state index in [1.165, 1.54) is 0 Å². The quantitative estimate of drug-likeness (QED) is 0.923. The number of hydrogen-bond donors (Lipinski definition) is 1. The summed E-state index contributed by atoms with van der Waals surface area (Å²) in [5.74, 6) is 2.12. The standard InChI is InChI=1S/C14H23N3S2/c1-9(2)16-7-12-5-6-15-14(17-12)13-8-18-10(3)11(4)19-13/h5-6,9-11,13,16H,7-8H2,1-4H3. The fourth-order valence-corrected chi connectivity index (χ4v) is 4.75. The molecule has 2 heterocycles. The molecule has 0 amide bonds. The van der Waals surface area contributed by atoms with Crippen molar-refractivity contribution in [2.24, 2.45) is 0 Å². The van der Waals surface area contributed by atoms with Crippen molar-refractivity contribution in [2.75, 3.05) is 5.75 Å². The minimum atomic E-state index is 0.440. The molecule has 1 fully saturated rings. The Hall–Kier alpha value is -0.260. The van der Waals surface area contributed by atoms with Gasteiger partial charge >= 0.3 is 0 Å². The van der Waals surface area contributed by atoms with E-state index < -0.39 is 0 Å². The summed E-state index contributed by atoms with van der Waals surface area (Å²) >= 11 is 4.05. The molecule has 1 aromatic heterocycles. The van der Waals surface area contributed by atoms with Gasteiger partial charge in [0.2, 0.25) is 0 Å². The summed E-state index contributed by atoms with van der Waals surface area (Å²) in [7, 11) is 0. The maximum absolute atomic E-state index is 4.72. The van der Waals surface area contributed by atoms with Crippen LogP contribution in [0.2, 0.25) is 0 Å². The fraction of sp³-hybridized carbons (Fsp3) is 0.714. The Morgan fingerprint density at radius 2 is 2.16 bits per heavy atom. The molecule has 3 unspecified atom stereocenters. The van der Waals surface area contributed by atoms with Crippen molar-refractivity contribution in [3.05, 3.63) is 23.8 Å². The lowest BCUT2D eigenvalue weighted by Gasteiger charge is -2.30. The van der Waals surface area contributed by atoms with E-state index in [1.54, 1.807) is 0 Å². The second-order valence-corrected chi connectivity index (χ2v) is 8.31. The topological polar surface area (TPSA) is 37.8 Å². The molecule has 0 aliphatic carbocycles. The summed E-state index contributed by atoms with van der Waals surface area (Å²) in [6.45, 7) is 9.74. The molecule has 0 bridgehead atoms. The minimum absolute atomic E-state index is 0.440. The van der Waals surface area contributed by atoms with E-state index in [1.807, 2.05) is 35.8 Å². The van der Waals surface area contributed by atoms with E-state index in [9.17, 15) is 0 Å². The van der Waals surface area contributed by atoms with Gasteiger partial charge in [0, 0.05) is 35.0 Å². The summed E-state index contributed by atoms with van der Waals surface area (Å²) < 4.78 is 0. The number of nitrogens with zero attached hydrogens (tertiary/aromatic N) is 2. The molecule has 1 aliphatic rings. The Morgan fingerprint density at radius 3 is 2.84 bits per heavy atom. The van der Waals surface area contributed by atoms with Gasteiger partial charge in [-0.1, -0.05) is 27.7 Å². The molecular weight excluding hydrogens is 274 g/mol. The van der Waals surface area contributed by atoms with Crippen LogP contribution in [0.3, 0.4) is 0 Å². The zero-order valence-electron chi connectivity index (χ0n) is 12.1. The van der Waals surface area contributed by atoms with E-state index in [0.29, 0.717) is 16.5 Å². The summed E-state index contributed by atoms with van der Waals surface area (Å²) in [6.07, 6.45) is 1.90. The van der Waals surface area contributed by atoms with Crippen LogP contribution >= 0.6 is 23.5 Å². The summed E-state index contributed by atoms with van der Waals surface area (Å²) in [5.41, 5.74) is 1.09. The van der Waals surface area contributed by atoms with Gasteiger partial charge in [-0.25, -0.2) is 9.97 Å². The highest BCUT2D eigenvalue weighted by molar-refractivity contribution is 8.07. The first-order valence-electron chi connectivity index (χ1n) is 6.88. The van der Waals surface area contributed by atoms with Gasteiger partial charge in [-0.05, 0) is 6.07 Å². The monoisotopic (exact) mass is 297 g/mol. The van der Waals surface area contributed by atoms with Gasteiger partial charge in [0.15, 0.2) is 0 Å². The average molecular weight is 297 g/mol. The molecule has 3 nitrogen and oxygen atoms in total. The van der Waals surface area contributed by atoms with E-state index in [4.69, 9.17) is 4.98 Å². The predicted octanol–water partition coefficient (Wildman–Crippen LogP) is 3.27. The van der Waals surface area contributed by atoms with Gasteiger partial charge in [0.1, 0.15) is 5.82 Å². The number of thioether (sulfide) groups is 2. The highest BCUT2D eigenvalue weighted by Gasteiger charge is 2.28. The highest BCUT2D eigenvalue weighted by Crippen LogP contribution is 2.43. The lowest BCUT2D eigenvalue weighted by molar-refractivity contribution is 0.579. The molecular formula is C14H23N3S2. The van der Waals surface area contributed by atoms with Crippen molar-refractivity contribution in [3.63, 3.8) is 0 Å². The highest BCUT2D eigenvalue weighted by atomic mass is 32.2. The number of aromatic nitrogens is 2. The van der Waals surface area contributed by atoms with Crippen LogP contribution in [0.25, 0.3) is 0 Å². The summed E-state index contributed by atoms with van der Waals surface area (Å²) in [4.78, 5) is 9.20. The second kappa shape index (κ2) is 6.95. The molecule has 1 aromatic rings. The SMILES string of the molecule is CC(C)NCc1ccnc(C2CSC(C)C(C)S2)n1. The van der Waals surface area contributed by atoms with E-state index in [0.717, 1.165) is 29.1 Å². The molecule has 0 saturated carbocycles. The number of nitrogens with one attached hydrogen (secondary N) is 1. The Balaban J connectivity index is 2.02. The van der Waals surface area contributed by atoms with Crippen LogP contribution in [0, 0.1) is 0 Å². The van der Waals surface area contributed by atoms with Gasteiger partial charge in [0.25, 0.3) is 0 Å². The zero-order chi connectivity index (χ0) is 13.8. The first-order chi connectivity index (χ1) is 9.06. The van der Waals surface area contributed by atoms with Crippen molar-refractivity contribution in [2.45, 2.75) is 56.0 Å². The Bertz CT molecular complexity index is 411. The van der Waals surface area contributed by atoms with Crippen LogP contribution in [0.5, 0.6) is 0 Å². The van der Waals surface area contributed by atoms with Crippen molar-refractivity contribution in [3.8, 4) is 0 Å². The lowest BCUT2D eigenvalue weighted by atomic mass is 10.3. The van der Waals surface area contributed by atoms with Crippen molar-refractivity contribution >= 4 is 23.5 Å². The van der Waals surface area contributed by atoms with Crippen LogP contribution in [0.1, 0.15) is 44.5 Å². The number of rotatable bonds is 4. The van der Waals surface area contributed by atoms with E-state index in [-0.39, 0.29) is 0 Å². The second-order valence-electron chi connectivity index (χ2n) is 5.31. The van der Waals surface area contributed by atoms with Crippen LogP contribution in [-0.2, 0) is 6.54 Å². The molecule has 0 spiro atoms. The first kappa shape index (κ1) is 15.1. The van der Waals surface area contributed by atoms with Gasteiger partial charge in [-0.3, -0.25) is 0 Å². The maximum Gasteiger partial charge on any atom is 0.142 e. The number of hydrogen-bond acceptors (Lipinski definition) is 5. The lowest BCUT2D eigenvalue weighted by Crippen LogP contribution is -2.24. The largest absolute Gasteiger partial charge is 0.309 e. The fourth-order valence-electron chi connectivity index (χ4n) is 1.89. The predicted molar refractivity (Wildman–Crippen MR) is 85.7 cm³/mol. The third-order valence-electron chi connectivity index (χ3n) is 3.26. The maximum atomic E-state index is 4.72. The van der Waals surface area contributed by atoms with E-state index in [2.05, 4.69) is 38.0 Å². The molecule has 1 aliphatic heterocycles. The Morgan fingerprint density at radius 1 is 1.37 bits per heavy atom. The Labute approximate surface area is 124 Å². The van der Waals surface area contributed by atoms with Crippen LogP contribution < -0.4 is 5.32 Å². The molecule has 3 atom stereocenters. The molecule has 106 valence electrons. The van der Waals surface area contributed by atoms with Crippen molar-refractivity contribution in [1.29, 1.82) is 0 Å². The van der Waals surface area contributed by atoms with Crippen LogP contribution in [-0.4, -0.2) is 32.3 Å². The average Bonchev–Trinajstić information content (AvgIpc) is 2.40. The minimum Gasteiger partial charge on any atom is -0.309 e. The smallest absolute Gasteiger partial charge is 0.142 e. The molecule has 0 aromatic carbocycles. The molecule has 5 heteroatoms. The first-order valence-corrected chi connectivity index (χ1v) is 8.87. The van der Waals surface area contributed by atoms with Crippen molar-refractivity contribution in [1.82, 2.24) is 15.3 Å². The van der Waals surface area contributed by atoms with Gasteiger partial charge in [0.05, 0.1) is 10.9 Å². The third-order valence-corrected chi connectivity index (χ3v) is 6.65. The van der Waals surface area contributed by atoms with Gasteiger partial charge in [-0.15, -0.1) is 11.8 Å². The van der Waals surface area contributed by atoms with Crippen molar-refractivity contribution < 1.29 is 0 Å². The van der Waals surface area contributed by atoms with Gasteiger partial charge < -0.3 is 5.32 Å². The molecule has 19 heavy (non-hydrogen) atoms. The third kappa shape index (κ3) is 4.36. The van der Waals surface area contributed by atoms with Gasteiger partial charge in [-0.2, -0.15) is 11.8 Å². The summed E-state index contributed by atoms with van der Waals surface area (Å²) in [5, 5.41) is 5.25. The Kier molecular flexibility index (Phi) is 5.54. The molecule has 1 N–H and O–H groups in total. The normalized spacial score (nSPS) is 27.7.